The van der Waals surface area contributed by atoms with E-state index >= 15 is 0 Å². The average Bonchev–Trinajstić information content (AvgIpc) is 3.12. The van der Waals surface area contributed by atoms with Crippen molar-refractivity contribution in [2.45, 2.75) is 26.2 Å². The van der Waals surface area contributed by atoms with Crippen molar-refractivity contribution < 1.29 is 9.59 Å². The summed E-state index contributed by atoms with van der Waals surface area (Å²) in [6.45, 7) is 9.67. The second-order valence-corrected chi connectivity index (χ2v) is 10.2. The largest absolute Gasteiger partial charge is 0.341 e. The molecular weight excluding hydrogens is 388 g/mol. The Morgan fingerprint density at radius 2 is 1.68 bits per heavy atom. The molecule has 0 aromatic heterocycles. The third-order valence-electron chi connectivity index (χ3n) is 7.69. The lowest BCUT2D eigenvalue weighted by Crippen LogP contribution is -2.63. The van der Waals surface area contributed by atoms with E-state index in [1.807, 2.05) is 35.2 Å². The smallest absolute Gasteiger partial charge is 0.253 e. The first-order chi connectivity index (χ1) is 14.9. The van der Waals surface area contributed by atoms with Gasteiger partial charge in [0.1, 0.15) is 0 Å². The number of carbonyl (C=O) groups excluding carboxylic acids is 2. The molecule has 0 N–H and O–H groups in total. The molecule has 0 bridgehead atoms. The average molecular weight is 427 g/mol. The summed E-state index contributed by atoms with van der Waals surface area (Å²) in [4.78, 5) is 34.8. The van der Waals surface area contributed by atoms with Crippen LogP contribution in [0.3, 0.4) is 0 Å². The van der Waals surface area contributed by atoms with Crippen LogP contribution in [0.2, 0.25) is 0 Å². The second kappa shape index (κ2) is 9.29. The number of amides is 2. The van der Waals surface area contributed by atoms with Gasteiger partial charge in [0.2, 0.25) is 5.91 Å². The Balaban J connectivity index is 1.36. The highest BCUT2D eigenvalue weighted by molar-refractivity contribution is 5.94. The van der Waals surface area contributed by atoms with Crippen LogP contribution >= 0.6 is 0 Å². The minimum atomic E-state index is 0.0515. The molecule has 31 heavy (non-hydrogen) atoms. The summed E-state index contributed by atoms with van der Waals surface area (Å²) in [5.41, 5.74) is 0.810. The van der Waals surface area contributed by atoms with Crippen molar-refractivity contribution in [3.8, 4) is 0 Å². The molecule has 1 spiro atoms. The zero-order chi connectivity index (χ0) is 22.0. The van der Waals surface area contributed by atoms with Crippen LogP contribution in [0.4, 0.5) is 0 Å². The molecule has 1 aromatic carbocycles. The number of likely N-dealkylation sites (tertiary alicyclic amines) is 3. The standard InChI is InChI=1S/C25H38N4O2/c1-4-27-12-10-20(11-13-27)14-23(30)29-18-25(19-29)17-28(16-22(25)15-26(2)3)24(31)21-8-6-5-7-9-21/h5-9,20,22H,4,10-19H2,1-3H3. The van der Waals surface area contributed by atoms with Gasteiger partial charge in [0, 0.05) is 50.1 Å². The molecule has 4 rings (SSSR count). The first-order valence-corrected chi connectivity index (χ1v) is 11.9. The predicted octanol–water partition coefficient (Wildman–Crippen LogP) is 2.27. The molecule has 0 radical (unpaired) electrons. The summed E-state index contributed by atoms with van der Waals surface area (Å²) in [5, 5.41) is 0. The normalized spacial score (nSPS) is 24.1. The van der Waals surface area contributed by atoms with Crippen LogP contribution < -0.4 is 0 Å². The van der Waals surface area contributed by atoms with E-state index in [4.69, 9.17) is 0 Å². The fourth-order valence-corrected chi connectivity index (χ4v) is 5.77. The van der Waals surface area contributed by atoms with E-state index in [2.05, 4.69) is 35.7 Å². The van der Waals surface area contributed by atoms with Gasteiger partial charge in [-0.05, 0) is 70.5 Å². The highest BCUT2D eigenvalue weighted by Gasteiger charge is 2.56. The van der Waals surface area contributed by atoms with Crippen molar-refractivity contribution in [1.82, 2.24) is 19.6 Å². The highest BCUT2D eigenvalue weighted by Crippen LogP contribution is 2.45. The highest BCUT2D eigenvalue weighted by atomic mass is 16.2. The van der Waals surface area contributed by atoms with Gasteiger partial charge < -0.3 is 19.6 Å². The molecule has 3 saturated heterocycles. The van der Waals surface area contributed by atoms with Crippen molar-refractivity contribution in [2.75, 3.05) is 66.5 Å². The zero-order valence-corrected chi connectivity index (χ0v) is 19.4. The first-order valence-electron chi connectivity index (χ1n) is 11.9. The summed E-state index contributed by atoms with van der Waals surface area (Å²) in [5.74, 6) is 1.38. The Labute approximate surface area is 187 Å². The van der Waals surface area contributed by atoms with Gasteiger partial charge in [0.25, 0.3) is 5.91 Å². The summed E-state index contributed by atoms with van der Waals surface area (Å²) in [6.07, 6.45) is 2.97. The number of nitrogens with zero attached hydrogens (tertiary/aromatic N) is 4. The Hall–Kier alpha value is -1.92. The second-order valence-electron chi connectivity index (χ2n) is 10.2. The van der Waals surface area contributed by atoms with E-state index in [1.54, 1.807) is 0 Å². The van der Waals surface area contributed by atoms with Crippen molar-refractivity contribution in [1.29, 1.82) is 0 Å². The quantitative estimate of drug-likeness (QED) is 0.700. The lowest BCUT2D eigenvalue weighted by atomic mass is 9.71. The molecule has 1 atom stereocenters. The molecule has 3 aliphatic rings. The number of hydrogen-bond acceptors (Lipinski definition) is 4. The summed E-state index contributed by atoms with van der Waals surface area (Å²) in [7, 11) is 4.19. The summed E-state index contributed by atoms with van der Waals surface area (Å²) >= 11 is 0. The summed E-state index contributed by atoms with van der Waals surface area (Å²) < 4.78 is 0. The molecular formula is C25H38N4O2. The van der Waals surface area contributed by atoms with Gasteiger partial charge in [-0.1, -0.05) is 25.1 Å². The molecule has 1 unspecified atom stereocenters. The van der Waals surface area contributed by atoms with Gasteiger partial charge in [0.15, 0.2) is 0 Å². The van der Waals surface area contributed by atoms with Gasteiger partial charge in [-0.25, -0.2) is 0 Å². The van der Waals surface area contributed by atoms with Crippen LogP contribution in [0.25, 0.3) is 0 Å². The maximum absolute atomic E-state index is 13.1. The zero-order valence-electron chi connectivity index (χ0n) is 19.4. The molecule has 170 valence electrons. The number of benzene rings is 1. The van der Waals surface area contributed by atoms with Crippen molar-refractivity contribution in [3.05, 3.63) is 35.9 Å². The van der Waals surface area contributed by atoms with E-state index < -0.39 is 0 Å². The topological polar surface area (TPSA) is 47.1 Å². The SMILES string of the molecule is CCN1CCC(CC(=O)N2CC3(C2)CN(C(=O)c2ccccc2)CC3CN(C)C)CC1. The number of piperidine rings is 1. The van der Waals surface area contributed by atoms with Crippen molar-refractivity contribution >= 4 is 11.8 Å². The van der Waals surface area contributed by atoms with Crippen molar-refractivity contribution in [2.24, 2.45) is 17.3 Å². The molecule has 3 fully saturated rings. The molecule has 3 aliphatic heterocycles. The van der Waals surface area contributed by atoms with Crippen LogP contribution in [0, 0.1) is 17.3 Å². The Morgan fingerprint density at radius 1 is 1.03 bits per heavy atom. The maximum Gasteiger partial charge on any atom is 0.253 e. The van der Waals surface area contributed by atoms with Crippen molar-refractivity contribution in [3.63, 3.8) is 0 Å². The van der Waals surface area contributed by atoms with E-state index in [9.17, 15) is 9.59 Å². The van der Waals surface area contributed by atoms with Gasteiger partial charge in [0.05, 0.1) is 0 Å². The van der Waals surface area contributed by atoms with E-state index in [0.717, 1.165) is 70.8 Å². The van der Waals surface area contributed by atoms with E-state index in [0.29, 0.717) is 24.2 Å². The van der Waals surface area contributed by atoms with Crippen LogP contribution in [0.15, 0.2) is 30.3 Å². The molecule has 1 aromatic rings. The predicted molar refractivity (Wildman–Crippen MR) is 123 cm³/mol. The monoisotopic (exact) mass is 426 g/mol. The first kappa shape index (κ1) is 22.3. The Morgan fingerprint density at radius 3 is 2.29 bits per heavy atom. The van der Waals surface area contributed by atoms with Gasteiger partial charge in [-0.15, -0.1) is 0 Å². The van der Waals surface area contributed by atoms with Crippen LogP contribution in [0.1, 0.15) is 36.5 Å². The van der Waals surface area contributed by atoms with E-state index in [-0.39, 0.29) is 11.3 Å². The minimum absolute atomic E-state index is 0.0515. The molecule has 3 heterocycles. The van der Waals surface area contributed by atoms with Crippen LogP contribution in [-0.4, -0.2) is 97.9 Å². The summed E-state index contributed by atoms with van der Waals surface area (Å²) in [6, 6.07) is 9.58. The van der Waals surface area contributed by atoms with Gasteiger partial charge in [-0.3, -0.25) is 9.59 Å². The number of carbonyl (C=O) groups is 2. The Kier molecular flexibility index (Phi) is 6.68. The lowest BCUT2D eigenvalue weighted by Gasteiger charge is -2.51. The fraction of sp³-hybridized carbons (Fsp3) is 0.680. The third-order valence-corrected chi connectivity index (χ3v) is 7.69. The third kappa shape index (κ3) is 4.80. The van der Waals surface area contributed by atoms with Gasteiger partial charge >= 0.3 is 0 Å². The molecule has 2 amide bonds. The Bertz CT molecular complexity index is 767. The number of hydrogen-bond donors (Lipinski definition) is 0. The fourth-order valence-electron chi connectivity index (χ4n) is 5.77. The lowest BCUT2D eigenvalue weighted by molar-refractivity contribution is -0.146. The van der Waals surface area contributed by atoms with Gasteiger partial charge in [-0.2, -0.15) is 0 Å². The number of rotatable bonds is 6. The molecule has 0 aliphatic carbocycles. The van der Waals surface area contributed by atoms with Crippen LogP contribution in [0.5, 0.6) is 0 Å². The minimum Gasteiger partial charge on any atom is -0.341 e. The van der Waals surface area contributed by atoms with E-state index in [1.165, 1.54) is 0 Å². The molecule has 0 saturated carbocycles. The molecule has 6 heteroatoms. The van der Waals surface area contributed by atoms with Crippen LogP contribution in [-0.2, 0) is 4.79 Å². The molecule has 6 nitrogen and oxygen atoms in total. The maximum atomic E-state index is 13.1.